The second-order valence-corrected chi connectivity index (χ2v) is 9.34. The number of hydrogen-bond donors (Lipinski definition) is 0. The van der Waals surface area contributed by atoms with Crippen LogP contribution in [0.15, 0.2) is 41.0 Å². The summed E-state index contributed by atoms with van der Waals surface area (Å²) in [5, 5.41) is 0.373. The van der Waals surface area contributed by atoms with Crippen LogP contribution in [0.1, 0.15) is 5.76 Å². The molecule has 2 atom stereocenters. The van der Waals surface area contributed by atoms with Crippen molar-refractivity contribution < 1.29 is 22.4 Å². The molecule has 7 nitrogen and oxygen atoms in total. The topological polar surface area (TPSA) is 80.1 Å². The van der Waals surface area contributed by atoms with Crippen LogP contribution in [-0.2, 0) is 21.2 Å². The molecular formula is C18H19ClN2O5S. The van der Waals surface area contributed by atoms with E-state index in [2.05, 4.69) is 0 Å². The van der Waals surface area contributed by atoms with Crippen LogP contribution in [0, 0.1) is 0 Å². The molecule has 0 N–H and O–H groups in total. The van der Waals surface area contributed by atoms with Gasteiger partial charge in [-0.2, -0.15) is 0 Å². The minimum Gasteiger partial charge on any atom is -0.495 e. The molecule has 3 heterocycles. The predicted octanol–water partition coefficient (Wildman–Crippen LogP) is 1.96. The fourth-order valence-electron chi connectivity index (χ4n) is 3.87. The first-order valence-corrected chi connectivity index (χ1v) is 10.7. The van der Waals surface area contributed by atoms with Gasteiger partial charge < -0.3 is 14.1 Å². The number of hydrogen-bond acceptors (Lipinski definition) is 6. The Morgan fingerprint density at radius 1 is 1.26 bits per heavy atom. The lowest BCUT2D eigenvalue weighted by atomic mass is 10.0. The van der Waals surface area contributed by atoms with Crippen LogP contribution in [0.4, 0.5) is 5.69 Å². The number of halogens is 1. The van der Waals surface area contributed by atoms with Gasteiger partial charge in [-0.05, 0) is 30.3 Å². The average molecular weight is 411 g/mol. The normalized spacial score (nSPS) is 24.8. The molecule has 144 valence electrons. The molecule has 0 aliphatic carbocycles. The van der Waals surface area contributed by atoms with E-state index in [1.807, 2.05) is 11.0 Å². The van der Waals surface area contributed by atoms with E-state index in [0.29, 0.717) is 28.8 Å². The van der Waals surface area contributed by atoms with Crippen molar-refractivity contribution in [2.75, 3.05) is 30.1 Å². The molecule has 2 fully saturated rings. The quantitative estimate of drug-likeness (QED) is 0.766. The number of anilines is 1. The molecule has 1 aromatic carbocycles. The largest absolute Gasteiger partial charge is 0.495 e. The Morgan fingerprint density at radius 2 is 2.04 bits per heavy atom. The summed E-state index contributed by atoms with van der Waals surface area (Å²) in [6.45, 7) is 0.508. The van der Waals surface area contributed by atoms with Crippen LogP contribution >= 0.6 is 11.6 Å². The van der Waals surface area contributed by atoms with E-state index in [-0.39, 0.29) is 30.0 Å². The second kappa shape index (κ2) is 6.85. The molecule has 1 aromatic heterocycles. The first-order valence-electron chi connectivity index (χ1n) is 8.50. The van der Waals surface area contributed by atoms with Crippen molar-refractivity contribution in [2.24, 2.45) is 0 Å². The molecule has 4 rings (SSSR count). The fourth-order valence-corrected chi connectivity index (χ4v) is 6.11. The maximum Gasteiger partial charge on any atom is 0.241 e. The molecule has 2 saturated heterocycles. The number of rotatable bonds is 4. The number of carbonyl (C=O) groups is 1. The smallest absolute Gasteiger partial charge is 0.241 e. The molecular weight excluding hydrogens is 392 g/mol. The zero-order valence-corrected chi connectivity index (χ0v) is 16.2. The number of amides is 1. The van der Waals surface area contributed by atoms with Crippen molar-refractivity contribution in [1.82, 2.24) is 4.90 Å². The van der Waals surface area contributed by atoms with Crippen LogP contribution in [-0.4, -0.2) is 56.5 Å². The van der Waals surface area contributed by atoms with Crippen LogP contribution in [0.5, 0.6) is 5.75 Å². The van der Waals surface area contributed by atoms with Crippen LogP contribution in [0.3, 0.4) is 0 Å². The minimum atomic E-state index is -3.25. The average Bonchev–Trinajstić information content (AvgIpc) is 3.21. The maximum atomic E-state index is 12.9. The van der Waals surface area contributed by atoms with Gasteiger partial charge in [-0.25, -0.2) is 8.42 Å². The highest BCUT2D eigenvalue weighted by atomic mass is 35.5. The number of carbonyl (C=O) groups excluding carboxylic acids is 1. The summed E-state index contributed by atoms with van der Waals surface area (Å²) in [5.41, 5.74) is 0.579. The number of ether oxygens (including phenoxy) is 1. The Hall–Kier alpha value is -2.03. The van der Waals surface area contributed by atoms with Gasteiger partial charge in [-0.3, -0.25) is 9.69 Å². The Labute approximate surface area is 162 Å². The standard InChI is InChI=1S/C18H19ClN2O5S/c1-25-17-5-4-12(7-14(17)19)21-16-11-27(23,24)10-15(16)20(9-18(21)22)8-13-3-2-6-26-13/h2-7,15-16H,8-11H2,1H3/t15-,16+/m1/s1. The molecule has 9 heteroatoms. The fraction of sp³-hybridized carbons (Fsp3) is 0.389. The van der Waals surface area contributed by atoms with E-state index >= 15 is 0 Å². The maximum absolute atomic E-state index is 12.9. The minimum absolute atomic E-state index is 0.0199. The van der Waals surface area contributed by atoms with Gasteiger partial charge in [-0.1, -0.05) is 11.6 Å². The van der Waals surface area contributed by atoms with E-state index in [4.69, 9.17) is 20.8 Å². The number of methoxy groups -OCH3 is 1. The molecule has 2 aliphatic heterocycles. The lowest BCUT2D eigenvalue weighted by Crippen LogP contribution is -2.61. The Bertz CT molecular complexity index is 960. The summed E-state index contributed by atoms with van der Waals surface area (Å²) < 4.78 is 35.3. The highest BCUT2D eigenvalue weighted by Crippen LogP contribution is 2.35. The van der Waals surface area contributed by atoms with Crippen molar-refractivity contribution in [2.45, 2.75) is 18.6 Å². The number of sulfone groups is 1. The van der Waals surface area contributed by atoms with E-state index in [1.165, 1.54) is 7.11 Å². The first kappa shape index (κ1) is 18.3. The molecule has 0 unspecified atom stereocenters. The summed E-state index contributed by atoms with van der Waals surface area (Å²) >= 11 is 6.21. The third-order valence-electron chi connectivity index (χ3n) is 5.05. The van der Waals surface area contributed by atoms with Crippen molar-refractivity contribution in [3.8, 4) is 5.75 Å². The van der Waals surface area contributed by atoms with E-state index in [0.717, 1.165) is 0 Å². The zero-order chi connectivity index (χ0) is 19.2. The molecule has 0 radical (unpaired) electrons. The zero-order valence-electron chi connectivity index (χ0n) is 14.7. The van der Waals surface area contributed by atoms with Crippen LogP contribution in [0.25, 0.3) is 0 Å². The molecule has 1 amide bonds. The number of nitrogens with zero attached hydrogens (tertiary/aromatic N) is 2. The number of fused-ring (bicyclic) bond motifs is 1. The van der Waals surface area contributed by atoms with Gasteiger partial charge in [0.25, 0.3) is 0 Å². The Morgan fingerprint density at radius 3 is 2.70 bits per heavy atom. The summed E-state index contributed by atoms with van der Waals surface area (Å²) in [7, 11) is -1.74. The molecule has 0 bridgehead atoms. The van der Waals surface area contributed by atoms with Gasteiger partial charge >= 0.3 is 0 Å². The van der Waals surface area contributed by atoms with E-state index in [1.54, 1.807) is 35.4 Å². The highest BCUT2D eigenvalue weighted by Gasteiger charge is 2.49. The van der Waals surface area contributed by atoms with E-state index in [9.17, 15) is 13.2 Å². The summed E-state index contributed by atoms with van der Waals surface area (Å²) in [6, 6.07) is 7.89. The number of piperazine rings is 1. The molecule has 27 heavy (non-hydrogen) atoms. The second-order valence-electron chi connectivity index (χ2n) is 6.78. The summed E-state index contributed by atoms with van der Waals surface area (Å²) in [5.74, 6) is 0.987. The van der Waals surface area contributed by atoms with Gasteiger partial charge in [0.1, 0.15) is 11.5 Å². The lowest BCUT2D eigenvalue weighted by molar-refractivity contribution is -0.123. The van der Waals surface area contributed by atoms with Crippen molar-refractivity contribution in [3.63, 3.8) is 0 Å². The summed E-state index contributed by atoms with van der Waals surface area (Å²) in [4.78, 5) is 16.4. The van der Waals surface area contributed by atoms with Crippen LogP contribution < -0.4 is 9.64 Å². The Kier molecular flexibility index (Phi) is 4.65. The monoisotopic (exact) mass is 410 g/mol. The third-order valence-corrected chi connectivity index (χ3v) is 7.05. The SMILES string of the molecule is COc1ccc(N2C(=O)CN(Cc3ccco3)[C@@H]3CS(=O)(=O)C[C@@H]32)cc1Cl. The number of furan rings is 1. The Balaban J connectivity index is 1.68. The van der Waals surface area contributed by atoms with Crippen molar-refractivity contribution in [3.05, 3.63) is 47.4 Å². The van der Waals surface area contributed by atoms with Crippen LogP contribution in [0.2, 0.25) is 5.02 Å². The van der Waals surface area contributed by atoms with Gasteiger partial charge in [0.15, 0.2) is 9.84 Å². The van der Waals surface area contributed by atoms with Gasteiger partial charge in [0.2, 0.25) is 5.91 Å². The van der Waals surface area contributed by atoms with Gasteiger partial charge in [0.05, 0.1) is 49.0 Å². The first-order chi connectivity index (χ1) is 12.9. The van der Waals surface area contributed by atoms with E-state index < -0.39 is 15.9 Å². The molecule has 0 spiro atoms. The highest BCUT2D eigenvalue weighted by molar-refractivity contribution is 7.91. The molecule has 2 aromatic rings. The summed E-state index contributed by atoms with van der Waals surface area (Å²) in [6.07, 6.45) is 1.57. The van der Waals surface area contributed by atoms with Crippen molar-refractivity contribution in [1.29, 1.82) is 0 Å². The predicted molar refractivity (Wildman–Crippen MR) is 101 cm³/mol. The molecule has 0 saturated carbocycles. The number of benzene rings is 1. The van der Waals surface area contributed by atoms with Gasteiger partial charge in [-0.15, -0.1) is 0 Å². The van der Waals surface area contributed by atoms with Gasteiger partial charge in [0, 0.05) is 11.7 Å². The van der Waals surface area contributed by atoms with Crippen molar-refractivity contribution >= 4 is 33.0 Å². The lowest BCUT2D eigenvalue weighted by Gasteiger charge is -2.43. The third kappa shape index (κ3) is 3.44. The molecule has 2 aliphatic rings.